The highest BCUT2D eigenvalue weighted by Crippen LogP contribution is 2.16. The second kappa shape index (κ2) is 5.79. The van der Waals surface area contributed by atoms with Crippen molar-refractivity contribution >= 4 is 15.9 Å². The van der Waals surface area contributed by atoms with Crippen molar-refractivity contribution in [2.24, 2.45) is 0 Å². The predicted molar refractivity (Wildman–Crippen MR) is 60.8 cm³/mol. The Hall–Kier alpha value is -0.850. The second-order valence-corrected chi connectivity index (χ2v) is 4.05. The lowest BCUT2D eigenvalue weighted by atomic mass is 10.1. The van der Waals surface area contributed by atoms with Crippen LogP contribution < -0.4 is 5.32 Å². The van der Waals surface area contributed by atoms with Crippen molar-refractivity contribution in [3.05, 3.63) is 34.3 Å². The van der Waals surface area contributed by atoms with Crippen molar-refractivity contribution < 1.29 is 0 Å². The summed E-state index contributed by atoms with van der Waals surface area (Å²) in [5, 5.41) is 11.7. The van der Waals surface area contributed by atoms with Gasteiger partial charge in [-0.05, 0) is 24.6 Å². The summed E-state index contributed by atoms with van der Waals surface area (Å²) in [6, 6.07) is 10.6. The monoisotopic (exact) mass is 252 g/mol. The molecule has 2 nitrogen and oxygen atoms in total. The lowest BCUT2D eigenvalue weighted by Crippen LogP contribution is -2.19. The minimum Gasteiger partial charge on any atom is -0.309 e. The van der Waals surface area contributed by atoms with Crippen molar-refractivity contribution in [3.63, 3.8) is 0 Å². The zero-order valence-electron chi connectivity index (χ0n) is 8.13. The average molecular weight is 253 g/mol. The van der Waals surface area contributed by atoms with E-state index in [0.717, 1.165) is 11.0 Å². The summed E-state index contributed by atoms with van der Waals surface area (Å²) >= 11 is 3.39. The van der Waals surface area contributed by atoms with Gasteiger partial charge < -0.3 is 5.32 Å². The molecule has 0 saturated carbocycles. The molecule has 0 radical (unpaired) electrons. The quantitative estimate of drug-likeness (QED) is 0.837. The van der Waals surface area contributed by atoms with Gasteiger partial charge in [0.25, 0.3) is 0 Å². The summed E-state index contributed by atoms with van der Waals surface area (Å²) in [5.41, 5.74) is 1.24. The van der Waals surface area contributed by atoms with Gasteiger partial charge in [0, 0.05) is 23.5 Å². The summed E-state index contributed by atoms with van der Waals surface area (Å²) < 4.78 is 1.09. The van der Waals surface area contributed by atoms with Crippen LogP contribution in [0.5, 0.6) is 0 Å². The molecule has 0 spiro atoms. The molecule has 0 bridgehead atoms. The minimum atomic E-state index is 0.302. The minimum absolute atomic E-state index is 0.302. The number of nitrogens with zero attached hydrogens (tertiary/aromatic N) is 1. The third-order valence-electron chi connectivity index (χ3n) is 2.06. The van der Waals surface area contributed by atoms with Crippen LogP contribution in [0.1, 0.15) is 24.9 Å². The highest BCUT2D eigenvalue weighted by atomic mass is 79.9. The molecule has 1 aromatic rings. The molecule has 74 valence electrons. The molecule has 0 unspecified atom stereocenters. The lowest BCUT2D eigenvalue weighted by Gasteiger charge is -2.12. The van der Waals surface area contributed by atoms with Crippen molar-refractivity contribution in [2.75, 3.05) is 6.54 Å². The molecule has 3 heteroatoms. The van der Waals surface area contributed by atoms with Crippen molar-refractivity contribution in [1.29, 1.82) is 5.26 Å². The van der Waals surface area contributed by atoms with Gasteiger partial charge in [0.1, 0.15) is 0 Å². The summed E-state index contributed by atoms with van der Waals surface area (Å²) in [6.07, 6.45) is 0.556. The first kappa shape index (κ1) is 11.2. The van der Waals surface area contributed by atoms with Crippen LogP contribution in [-0.2, 0) is 0 Å². The Balaban J connectivity index is 2.48. The van der Waals surface area contributed by atoms with Crippen LogP contribution in [0.15, 0.2) is 28.7 Å². The molecule has 0 heterocycles. The molecule has 1 N–H and O–H groups in total. The van der Waals surface area contributed by atoms with E-state index in [0.29, 0.717) is 12.5 Å². The molecule has 0 aliphatic carbocycles. The highest BCUT2D eigenvalue weighted by Gasteiger charge is 2.02. The van der Waals surface area contributed by atoms with Crippen molar-refractivity contribution in [2.45, 2.75) is 19.4 Å². The molecular formula is C11H13BrN2. The van der Waals surface area contributed by atoms with Gasteiger partial charge in [-0.15, -0.1) is 0 Å². The predicted octanol–water partition coefficient (Wildman–Crippen LogP) is 3.01. The maximum atomic E-state index is 8.39. The number of nitriles is 1. The molecule has 0 saturated heterocycles. The van der Waals surface area contributed by atoms with Crippen LogP contribution in [0.3, 0.4) is 0 Å². The van der Waals surface area contributed by atoms with Gasteiger partial charge in [-0.1, -0.05) is 28.1 Å². The van der Waals surface area contributed by atoms with E-state index in [1.165, 1.54) is 5.56 Å². The fourth-order valence-corrected chi connectivity index (χ4v) is 1.48. The fraction of sp³-hybridized carbons (Fsp3) is 0.364. The SMILES string of the molecule is C[C@H](NCCC#N)c1ccc(Br)cc1. The molecule has 1 aromatic carbocycles. The largest absolute Gasteiger partial charge is 0.309 e. The number of hydrogen-bond acceptors (Lipinski definition) is 2. The Kier molecular flexibility index (Phi) is 4.64. The number of hydrogen-bond donors (Lipinski definition) is 1. The Morgan fingerprint density at radius 2 is 2.07 bits per heavy atom. The second-order valence-electron chi connectivity index (χ2n) is 3.14. The smallest absolute Gasteiger partial charge is 0.0635 e. The van der Waals surface area contributed by atoms with E-state index in [9.17, 15) is 0 Å². The average Bonchev–Trinajstić information content (AvgIpc) is 2.19. The summed E-state index contributed by atoms with van der Waals surface area (Å²) in [6.45, 7) is 2.84. The Morgan fingerprint density at radius 3 is 2.64 bits per heavy atom. The maximum absolute atomic E-state index is 8.39. The van der Waals surface area contributed by atoms with E-state index in [1.54, 1.807) is 0 Å². The molecule has 1 rings (SSSR count). The highest BCUT2D eigenvalue weighted by molar-refractivity contribution is 9.10. The molecule has 1 atom stereocenters. The van der Waals surface area contributed by atoms with E-state index in [2.05, 4.69) is 46.4 Å². The molecule has 14 heavy (non-hydrogen) atoms. The van der Waals surface area contributed by atoms with Crippen LogP contribution >= 0.6 is 15.9 Å². The van der Waals surface area contributed by atoms with E-state index >= 15 is 0 Å². The van der Waals surface area contributed by atoms with Gasteiger partial charge in [0.05, 0.1) is 6.07 Å². The normalized spacial score (nSPS) is 12.1. The Labute approximate surface area is 93.1 Å². The number of nitrogens with one attached hydrogen (secondary N) is 1. The Morgan fingerprint density at radius 1 is 1.43 bits per heavy atom. The summed E-state index contributed by atoms with van der Waals surface area (Å²) in [5.74, 6) is 0. The van der Waals surface area contributed by atoms with Gasteiger partial charge in [-0.3, -0.25) is 0 Å². The van der Waals surface area contributed by atoms with Crippen LogP contribution in [0.25, 0.3) is 0 Å². The number of halogens is 1. The standard InChI is InChI=1S/C11H13BrN2/c1-9(14-8-2-7-13)10-3-5-11(12)6-4-10/h3-6,9,14H,2,8H2,1H3/t9-/m0/s1. The first-order valence-electron chi connectivity index (χ1n) is 4.60. The summed E-state index contributed by atoms with van der Waals surface area (Å²) in [7, 11) is 0. The molecule has 0 aliphatic heterocycles. The van der Waals surface area contributed by atoms with Crippen LogP contribution in [0.2, 0.25) is 0 Å². The van der Waals surface area contributed by atoms with Gasteiger partial charge in [-0.2, -0.15) is 5.26 Å². The van der Waals surface area contributed by atoms with Crippen LogP contribution in [-0.4, -0.2) is 6.54 Å². The van der Waals surface area contributed by atoms with Gasteiger partial charge in [0.15, 0.2) is 0 Å². The van der Waals surface area contributed by atoms with E-state index in [4.69, 9.17) is 5.26 Å². The van der Waals surface area contributed by atoms with Crippen LogP contribution in [0.4, 0.5) is 0 Å². The summed E-state index contributed by atoms with van der Waals surface area (Å²) in [4.78, 5) is 0. The van der Waals surface area contributed by atoms with Gasteiger partial charge in [0.2, 0.25) is 0 Å². The van der Waals surface area contributed by atoms with E-state index < -0.39 is 0 Å². The number of benzene rings is 1. The third-order valence-corrected chi connectivity index (χ3v) is 2.59. The molecule has 0 aliphatic rings. The van der Waals surface area contributed by atoms with Gasteiger partial charge in [-0.25, -0.2) is 0 Å². The topological polar surface area (TPSA) is 35.8 Å². The zero-order valence-corrected chi connectivity index (χ0v) is 9.71. The first-order chi connectivity index (χ1) is 6.74. The molecule has 0 fully saturated rings. The van der Waals surface area contributed by atoms with Crippen molar-refractivity contribution in [1.82, 2.24) is 5.32 Å². The van der Waals surface area contributed by atoms with Gasteiger partial charge >= 0.3 is 0 Å². The fourth-order valence-electron chi connectivity index (χ4n) is 1.21. The third kappa shape index (κ3) is 3.49. The van der Waals surface area contributed by atoms with Crippen molar-refractivity contribution in [3.8, 4) is 6.07 Å². The van der Waals surface area contributed by atoms with E-state index in [1.807, 2.05) is 12.1 Å². The van der Waals surface area contributed by atoms with Crippen LogP contribution in [0, 0.1) is 11.3 Å². The Bertz CT molecular complexity index is 313. The molecular weight excluding hydrogens is 240 g/mol. The zero-order chi connectivity index (χ0) is 10.4. The number of rotatable bonds is 4. The molecule has 0 aromatic heterocycles. The molecule has 0 amide bonds. The lowest BCUT2D eigenvalue weighted by molar-refractivity contribution is 0.583. The first-order valence-corrected chi connectivity index (χ1v) is 5.39. The van der Waals surface area contributed by atoms with E-state index in [-0.39, 0.29) is 0 Å². The maximum Gasteiger partial charge on any atom is 0.0635 e.